The number of ether oxygens (including phenoxy) is 3. The number of hydrogen-bond acceptors (Lipinski definition) is 10. The number of unbranched alkanes of at least 4 members (excludes halogenated alkanes) is 1. The Hall–Kier alpha value is -2.60. The minimum Gasteiger partial charge on any atom is -0.465 e. The minimum atomic E-state index is -3.68. The molecule has 0 saturated heterocycles. The van der Waals surface area contributed by atoms with Crippen molar-refractivity contribution in [2.45, 2.75) is 91.6 Å². The molecule has 0 bridgehead atoms. The summed E-state index contributed by atoms with van der Waals surface area (Å²) in [5.41, 5.74) is 5.54. The van der Waals surface area contributed by atoms with Crippen molar-refractivity contribution in [1.29, 1.82) is 0 Å². The molecule has 0 aromatic carbocycles. The van der Waals surface area contributed by atoms with Crippen molar-refractivity contribution in [1.82, 2.24) is 29.7 Å². The Morgan fingerprint density at radius 2 is 1.89 bits per heavy atom. The minimum absolute atomic E-state index is 0.269. The molecule has 0 amide bonds. The average Bonchev–Trinajstić information content (AvgIpc) is 3.21. The van der Waals surface area contributed by atoms with Crippen LogP contribution in [0.15, 0.2) is 12.7 Å². The molecule has 2 aromatic heterocycles. The van der Waals surface area contributed by atoms with E-state index in [-0.39, 0.29) is 24.9 Å². The fourth-order valence-electron chi connectivity index (χ4n) is 3.36. The maximum Gasteiger partial charge on any atom is 0.326 e. The predicted octanol–water partition coefficient (Wildman–Crippen LogP) is 2.61. The van der Waals surface area contributed by atoms with Crippen molar-refractivity contribution >= 4 is 36.4 Å². The Morgan fingerprint density at radius 1 is 1.19 bits per heavy atom. The summed E-state index contributed by atoms with van der Waals surface area (Å²) >= 11 is 0. The number of esters is 2. The van der Waals surface area contributed by atoms with Crippen molar-refractivity contribution in [3.05, 3.63) is 12.7 Å². The molecule has 0 aliphatic rings. The maximum absolute atomic E-state index is 14.0. The van der Waals surface area contributed by atoms with Crippen LogP contribution in [0.2, 0.25) is 0 Å². The second-order valence-corrected chi connectivity index (χ2v) is 12.0. The molecule has 4 N–H and O–H groups in total. The molecule has 14 heteroatoms. The molecule has 2 heterocycles. The summed E-state index contributed by atoms with van der Waals surface area (Å²) in [6.45, 7) is 12.5. The molecule has 0 fully saturated rings. The average molecular weight is 542 g/mol. The molecular weight excluding hydrogens is 501 g/mol. The van der Waals surface area contributed by atoms with Crippen LogP contribution in [0.1, 0.15) is 61.3 Å². The van der Waals surface area contributed by atoms with E-state index in [0.29, 0.717) is 17.7 Å². The van der Waals surface area contributed by atoms with Gasteiger partial charge in [0.2, 0.25) is 7.44 Å². The van der Waals surface area contributed by atoms with Crippen LogP contribution in [0.3, 0.4) is 0 Å². The molecule has 0 saturated carbocycles. The molecule has 0 aliphatic heterocycles. The highest BCUT2D eigenvalue weighted by Crippen LogP contribution is 2.40. The first-order valence-corrected chi connectivity index (χ1v) is 14.2. The van der Waals surface area contributed by atoms with Crippen LogP contribution < -0.4 is 15.9 Å². The van der Waals surface area contributed by atoms with Crippen LogP contribution in [0.5, 0.6) is 0 Å². The van der Waals surface area contributed by atoms with Crippen LogP contribution in [-0.2, 0) is 34.9 Å². The van der Waals surface area contributed by atoms with Gasteiger partial charge in [0, 0.05) is 0 Å². The van der Waals surface area contributed by atoms with Gasteiger partial charge in [-0.05, 0) is 48.0 Å². The smallest absolute Gasteiger partial charge is 0.326 e. The van der Waals surface area contributed by atoms with Gasteiger partial charge < -0.3 is 24.5 Å². The summed E-state index contributed by atoms with van der Waals surface area (Å²) in [4.78, 5) is 37.5. The summed E-state index contributed by atoms with van der Waals surface area (Å²) in [5.74, 6) is -0.864. The first-order chi connectivity index (χ1) is 17.3. The second-order valence-electron chi connectivity index (χ2n) is 9.74. The summed E-state index contributed by atoms with van der Waals surface area (Å²) in [6.07, 6.45) is 3.41. The van der Waals surface area contributed by atoms with E-state index in [1.807, 2.05) is 6.92 Å². The summed E-state index contributed by atoms with van der Waals surface area (Å²) < 4.78 is 32.3. The van der Waals surface area contributed by atoms with Gasteiger partial charge in [0.1, 0.15) is 29.8 Å². The fraction of sp³-hybridized carbons (Fsp3) is 0.696. The Kier molecular flexibility index (Phi) is 11.0. The predicted molar refractivity (Wildman–Crippen MR) is 140 cm³/mol. The Morgan fingerprint density at radius 3 is 2.54 bits per heavy atom. The standard InChI is InChI=1S/C23H40N7O6P/c1-8-9-10-34-21(31)17(5)28-37(33,29-23(6,7)22(32)36-15(2)3)14-35-16(4)11-30-13-27-18-19(24)25-12-26-20(18)30/h12-13,15-17H,8-11,14H2,1-7H3,(H2,24,25,26)(H2,28,29,33). The number of fused-ring (bicyclic) bond motifs is 1. The normalized spacial score (nSPS) is 15.4. The number of aromatic nitrogens is 4. The molecule has 0 radical (unpaired) electrons. The monoisotopic (exact) mass is 541 g/mol. The lowest BCUT2D eigenvalue weighted by Gasteiger charge is -2.32. The number of anilines is 1. The molecule has 37 heavy (non-hydrogen) atoms. The van der Waals surface area contributed by atoms with Gasteiger partial charge in [0.25, 0.3) is 0 Å². The Bertz CT molecular complexity index is 1110. The quantitative estimate of drug-likeness (QED) is 0.171. The lowest BCUT2D eigenvalue weighted by atomic mass is 10.1. The number of carbonyl (C=O) groups is 2. The van der Waals surface area contributed by atoms with Gasteiger partial charge in [-0.2, -0.15) is 0 Å². The third kappa shape index (κ3) is 9.03. The van der Waals surface area contributed by atoms with Crippen LogP contribution in [0.25, 0.3) is 11.2 Å². The van der Waals surface area contributed by atoms with Crippen molar-refractivity contribution in [3.8, 4) is 0 Å². The van der Waals surface area contributed by atoms with E-state index in [1.54, 1.807) is 52.4 Å². The van der Waals surface area contributed by atoms with Crippen LogP contribution in [0.4, 0.5) is 5.82 Å². The lowest BCUT2D eigenvalue weighted by molar-refractivity contribution is -0.153. The first kappa shape index (κ1) is 30.6. The van der Waals surface area contributed by atoms with E-state index in [2.05, 4.69) is 25.1 Å². The molecule has 208 valence electrons. The van der Waals surface area contributed by atoms with Crippen LogP contribution >= 0.6 is 7.44 Å². The third-order valence-electron chi connectivity index (χ3n) is 5.24. The van der Waals surface area contributed by atoms with E-state index in [1.165, 1.54) is 6.33 Å². The van der Waals surface area contributed by atoms with Gasteiger partial charge in [-0.25, -0.2) is 25.1 Å². The van der Waals surface area contributed by atoms with Crippen molar-refractivity contribution < 1.29 is 28.4 Å². The number of nitrogen functional groups attached to an aromatic ring is 1. The van der Waals surface area contributed by atoms with E-state index in [0.717, 1.165) is 12.8 Å². The second kappa shape index (κ2) is 13.3. The van der Waals surface area contributed by atoms with Gasteiger partial charge in [0.05, 0.1) is 31.7 Å². The van der Waals surface area contributed by atoms with E-state index in [9.17, 15) is 14.2 Å². The summed E-state index contributed by atoms with van der Waals surface area (Å²) in [6, 6.07) is -0.914. The summed E-state index contributed by atoms with van der Waals surface area (Å²) in [7, 11) is -3.68. The highest BCUT2D eigenvalue weighted by Gasteiger charge is 2.39. The highest BCUT2D eigenvalue weighted by atomic mass is 31.2. The van der Waals surface area contributed by atoms with Crippen LogP contribution in [-0.4, -0.2) is 68.2 Å². The van der Waals surface area contributed by atoms with E-state index >= 15 is 0 Å². The Labute approximate surface area is 217 Å². The zero-order valence-corrected chi connectivity index (χ0v) is 23.6. The molecule has 13 nitrogen and oxygen atoms in total. The van der Waals surface area contributed by atoms with Crippen molar-refractivity contribution in [3.63, 3.8) is 0 Å². The number of imidazole rings is 1. The molecular formula is C23H40N7O6P. The van der Waals surface area contributed by atoms with E-state index in [4.69, 9.17) is 19.9 Å². The molecule has 2 aromatic rings. The molecule has 0 aliphatic carbocycles. The largest absolute Gasteiger partial charge is 0.465 e. The zero-order valence-electron chi connectivity index (χ0n) is 22.7. The number of carbonyl (C=O) groups excluding carboxylic acids is 2. The van der Waals surface area contributed by atoms with Gasteiger partial charge in [0.15, 0.2) is 11.5 Å². The molecule has 3 unspecified atom stereocenters. The molecule has 0 spiro atoms. The van der Waals surface area contributed by atoms with Gasteiger partial charge in [-0.15, -0.1) is 0 Å². The lowest BCUT2D eigenvalue weighted by Crippen LogP contribution is -2.50. The van der Waals surface area contributed by atoms with E-state index < -0.39 is 37.1 Å². The highest BCUT2D eigenvalue weighted by molar-refractivity contribution is 7.59. The number of nitrogens with one attached hydrogen (secondary N) is 2. The number of nitrogens with zero attached hydrogens (tertiary/aromatic N) is 4. The fourth-order valence-corrected chi connectivity index (χ4v) is 5.76. The zero-order chi connectivity index (χ0) is 27.8. The SMILES string of the molecule is CCCCOC(=O)C(C)NP(=O)(COC(C)Cn1cnc2c(N)ncnc21)NC(C)(C)C(=O)OC(C)C. The maximum atomic E-state index is 14.0. The van der Waals surface area contributed by atoms with Gasteiger partial charge in [-0.3, -0.25) is 14.2 Å². The van der Waals surface area contributed by atoms with Crippen LogP contribution in [0, 0.1) is 0 Å². The van der Waals surface area contributed by atoms with Gasteiger partial charge in [-0.1, -0.05) is 13.3 Å². The van der Waals surface area contributed by atoms with Crippen molar-refractivity contribution in [2.75, 3.05) is 18.7 Å². The number of hydrogen-bond donors (Lipinski definition) is 3. The number of nitrogens with two attached hydrogens (primary N) is 1. The van der Waals surface area contributed by atoms with Crippen molar-refractivity contribution in [2.24, 2.45) is 0 Å². The summed E-state index contributed by atoms with van der Waals surface area (Å²) in [5, 5.41) is 5.68. The van der Waals surface area contributed by atoms with Gasteiger partial charge >= 0.3 is 11.9 Å². The molecule has 3 atom stereocenters. The third-order valence-corrected chi connectivity index (χ3v) is 7.47. The topological polar surface area (TPSA) is 173 Å². The first-order valence-electron chi connectivity index (χ1n) is 12.3. The Balaban J connectivity index is 2.15. The number of rotatable bonds is 15. The molecule has 2 rings (SSSR count).